The Hall–Kier alpha value is -3.26. The zero-order chi connectivity index (χ0) is 23.5. The average molecular weight is 469 g/mol. The SMILES string of the molecule is O=C(NCc1ccc(-c2ccc(F)cc2Cl)cc1)[C@H](O)[C@@H](O)C(=O)N1Cc2ccccc2C1. The van der Waals surface area contributed by atoms with Crippen LogP contribution in [0.4, 0.5) is 4.39 Å². The highest BCUT2D eigenvalue weighted by atomic mass is 35.5. The van der Waals surface area contributed by atoms with Crippen molar-refractivity contribution in [1.29, 1.82) is 0 Å². The Labute approximate surface area is 195 Å². The molecule has 33 heavy (non-hydrogen) atoms. The van der Waals surface area contributed by atoms with E-state index in [1.165, 1.54) is 17.0 Å². The Kier molecular flexibility index (Phi) is 6.74. The van der Waals surface area contributed by atoms with Gasteiger partial charge in [-0.3, -0.25) is 9.59 Å². The maximum Gasteiger partial charge on any atom is 0.255 e. The molecule has 0 fully saturated rings. The zero-order valence-corrected chi connectivity index (χ0v) is 18.3. The lowest BCUT2D eigenvalue weighted by Crippen LogP contribution is -2.49. The monoisotopic (exact) mass is 468 g/mol. The number of fused-ring (bicyclic) bond motifs is 1. The van der Waals surface area contributed by atoms with Crippen molar-refractivity contribution in [2.75, 3.05) is 0 Å². The number of aliphatic hydroxyl groups excluding tert-OH is 2. The van der Waals surface area contributed by atoms with Gasteiger partial charge in [-0.15, -0.1) is 0 Å². The Balaban J connectivity index is 1.32. The molecule has 3 aromatic carbocycles. The van der Waals surface area contributed by atoms with E-state index in [4.69, 9.17) is 11.6 Å². The van der Waals surface area contributed by atoms with Crippen molar-refractivity contribution in [3.8, 4) is 11.1 Å². The maximum atomic E-state index is 13.2. The Bertz CT molecular complexity index is 1160. The van der Waals surface area contributed by atoms with E-state index < -0.39 is 29.8 Å². The van der Waals surface area contributed by atoms with Gasteiger partial charge in [0, 0.05) is 25.2 Å². The molecule has 2 amide bonds. The van der Waals surface area contributed by atoms with Gasteiger partial charge in [-0.1, -0.05) is 60.1 Å². The van der Waals surface area contributed by atoms with Crippen LogP contribution in [0.2, 0.25) is 5.02 Å². The van der Waals surface area contributed by atoms with Crippen LogP contribution in [-0.4, -0.2) is 39.1 Å². The van der Waals surface area contributed by atoms with Crippen LogP contribution in [0.25, 0.3) is 11.1 Å². The van der Waals surface area contributed by atoms with Crippen LogP contribution in [0.3, 0.4) is 0 Å². The van der Waals surface area contributed by atoms with Crippen molar-refractivity contribution in [3.63, 3.8) is 0 Å². The van der Waals surface area contributed by atoms with Crippen LogP contribution < -0.4 is 5.32 Å². The predicted molar refractivity (Wildman–Crippen MR) is 121 cm³/mol. The molecule has 0 radical (unpaired) electrons. The van der Waals surface area contributed by atoms with Gasteiger partial charge in [0.1, 0.15) is 5.82 Å². The fourth-order valence-corrected chi connectivity index (χ4v) is 4.05. The highest BCUT2D eigenvalue weighted by Crippen LogP contribution is 2.28. The van der Waals surface area contributed by atoms with Gasteiger partial charge in [0.25, 0.3) is 11.8 Å². The second kappa shape index (κ2) is 9.70. The molecular formula is C25H22ClFN2O4. The number of benzene rings is 3. The molecule has 0 aromatic heterocycles. The summed E-state index contributed by atoms with van der Waals surface area (Å²) in [6.07, 6.45) is -3.75. The molecule has 0 aliphatic carbocycles. The second-order valence-corrected chi connectivity index (χ2v) is 8.30. The van der Waals surface area contributed by atoms with Gasteiger partial charge in [-0.2, -0.15) is 0 Å². The fourth-order valence-electron chi connectivity index (χ4n) is 3.77. The van der Waals surface area contributed by atoms with Gasteiger partial charge in [-0.25, -0.2) is 4.39 Å². The topological polar surface area (TPSA) is 89.9 Å². The van der Waals surface area contributed by atoms with E-state index in [2.05, 4.69) is 5.32 Å². The summed E-state index contributed by atoms with van der Waals surface area (Å²) >= 11 is 6.09. The molecule has 0 bridgehead atoms. The summed E-state index contributed by atoms with van der Waals surface area (Å²) in [7, 11) is 0. The van der Waals surface area contributed by atoms with Crippen LogP contribution in [0.5, 0.6) is 0 Å². The Morgan fingerprint density at radius 3 is 2.21 bits per heavy atom. The first kappa shape index (κ1) is 22.9. The molecule has 0 saturated heterocycles. The minimum atomic E-state index is -1.89. The van der Waals surface area contributed by atoms with Crippen molar-refractivity contribution < 1.29 is 24.2 Å². The summed E-state index contributed by atoms with van der Waals surface area (Å²) < 4.78 is 13.2. The van der Waals surface area contributed by atoms with Crippen molar-refractivity contribution in [2.45, 2.75) is 31.8 Å². The quantitative estimate of drug-likeness (QED) is 0.518. The third-order valence-corrected chi connectivity index (χ3v) is 5.95. The predicted octanol–water partition coefficient (Wildman–Crippen LogP) is 3.03. The molecular weight excluding hydrogens is 447 g/mol. The number of nitrogens with zero attached hydrogens (tertiary/aromatic N) is 1. The summed E-state index contributed by atoms with van der Waals surface area (Å²) in [6.45, 7) is 0.735. The van der Waals surface area contributed by atoms with Crippen LogP contribution >= 0.6 is 11.6 Å². The van der Waals surface area contributed by atoms with Gasteiger partial charge in [0.2, 0.25) is 0 Å². The van der Waals surface area contributed by atoms with Crippen LogP contribution in [0, 0.1) is 5.82 Å². The average Bonchev–Trinajstić information content (AvgIpc) is 3.26. The Morgan fingerprint density at radius 1 is 0.970 bits per heavy atom. The first-order valence-corrected chi connectivity index (χ1v) is 10.7. The highest BCUT2D eigenvalue weighted by molar-refractivity contribution is 6.33. The van der Waals surface area contributed by atoms with Gasteiger partial charge in [0.05, 0.1) is 5.02 Å². The smallest absolute Gasteiger partial charge is 0.255 e. The lowest BCUT2D eigenvalue weighted by molar-refractivity contribution is -0.153. The fraction of sp³-hybridized carbons (Fsp3) is 0.200. The highest BCUT2D eigenvalue weighted by Gasteiger charge is 2.35. The number of carbonyl (C=O) groups is 2. The number of hydrogen-bond acceptors (Lipinski definition) is 4. The van der Waals surface area contributed by atoms with Crippen LogP contribution in [0.15, 0.2) is 66.7 Å². The minimum absolute atomic E-state index is 0.0867. The zero-order valence-electron chi connectivity index (χ0n) is 17.5. The molecule has 3 N–H and O–H groups in total. The molecule has 1 heterocycles. The molecule has 3 aromatic rings. The normalized spacial score (nSPS) is 14.5. The molecule has 8 heteroatoms. The number of nitrogens with one attached hydrogen (secondary N) is 1. The summed E-state index contributed by atoms with van der Waals surface area (Å²) in [5.41, 5.74) is 4.13. The van der Waals surface area contributed by atoms with Crippen LogP contribution in [0.1, 0.15) is 16.7 Å². The summed E-state index contributed by atoms with van der Waals surface area (Å²) in [5.74, 6) is -1.97. The largest absolute Gasteiger partial charge is 0.380 e. The van der Waals surface area contributed by atoms with Gasteiger partial charge < -0.3 is 20.4 Å². The van der Waals surface area contributed by atoms with E-state index in [9.17, 15) is 24.2 Å². The van der Waals surface area contributed by atoms with Crippen LogP contribution in [-0.2, 0) is 29.2 Å². The first-order valence-electron chi connectivity index (χ1n) is 10.4. The van der Waals surface area contributed by atoms with Crippen molar-refractivity contribution in [2.24, 2.45) is 0 Å². The third-order valence-electron chi connectivity index (χ3n) is 5.64. The van der Waals surface area contributed by atoms with E-state index in [1.54, 1.807) is 30.3 Å². The molecule has 4 rings (SSSR count). The molecule has 2 atom stereocenters. The second-order valence-electron chi connectivity index (χ2n) is 7.89. The third kappa shape index (κ3) is 5.06. The van der Waals surface area contributed by atoms with E-state index in [-0.39, 0.29) is 6.54 Å². The molecule has 1 aliphatic rings. The molecule has 0 spiro atoms. The lowest BCUT2D eigenvalue weighted by atomic mass is 10.0. The van der Waals surface area contributed by atoms with E-state index in [1.807, 2.05) is 24.3 Å². The summed E-state index contributed by atoms with van der Waals surface area (Å²) in [6, 6.07) is 18.7. The summed E-state index contributed by atoms with van der Waals surface area (Å²) in [5, 5.41) is 23.3. The molecule has 0 saturated carbocycles. The van der Waals surface area contributed by atoms with E-state index in [0.29, 0.717) is 23.7 Å². The Morgan fingerprint density at radius 2 is 1.61 bits per heavy atom. The first-order chi connectivity index (χ1) is 15.8. The maximum absolute atomic E-state index is 13.2. The number of halogens is 2. The van der Waals surface area contributed by atoms with Crippen molar-refractivity contribution >= 4 is 23.4 Å². The summed E-state index contributed by atoms with van der Waals surface area (Å²) in [4.78, 5) is 26.3. The number of amides is 2. The number of carbonyl (C=O) groups excluding carboxylic acids is 2. The van der Waals surface area contributed by atoms with Crippen molar-refractivity contribution in [3.05, 3.63) is 94.3 Å². The number of hydrogen-bond donors (Lipinski definition) is 3. The van der Waals surface area contributed by atoms with Gasteiger partial charge in [-0.05, 0) is 40.5 Å². The van der Waals surface area contributed by atoms with Gasteiger partial charge >= 0.3 is 0 Å². The lowest BCUT2D eigenvalue weighted by Gasteiger charge is -2.22. The van der Waals surface area contributed by atoms with Crippen molar-refractivity contribution in [1.82, 2.24) is 10.2 Å². The minimum Gasteiger partial charge on any atom is -0.380 e. The van der Waals surface area contributed by atoms with Gasteiger partial charge in [0.15, 0.2) is 12.2 Å². The van der Waals surface area contributed by atoms with E-state index in [0.717, 1.165) is 22.3 Å². The molecule has 170 valence electrons. The molecule has 1 aliphatic heterocycles. The number of aliphatic hydroxyl groups is 2. The van der Waals surface area contributed by atoms with E-state index >= 15 is 0 Å². The standard InChI is InChI=1S/C25H22ClFN2O4/c26-21-11-19(27)9-10-20(21)16-7-5-15(6-8-16)12-28-24(32)22(30)23(31)25(33)29-13-17-3-1-2-4-18(17)14-29/h1-11,22-23,30-31H,12-14H2,(H,28,32)/t22-,23-/m1/s1. The number of rotatable bonds is 6. The molecule has 0 unspecified atom stereocenters. The molecule has 6 nitrogen and oxygen atoms in total.